The van der Waals surface area contributed by atoms with E-state index in [1.54, 1.807) is 0 Å². The first-order valence-corrected chi connectivity index (χ1v) is 11.6. The van der Waals surface area contributed by atoms with E-state index in [4.69, 9.17) is 16.3 Å². The summed E-state index contributed by atoms with van der Waals surface area (Å²) in [5, 5.41) is 1.81. The first-order valence-electron chi connectivity index (χ1n) is 7.41. The number of sulfonamides is 1. The number of hydrogen-bond donors (Lipinski definition) is 0. The lowest BCUT2D eigenvalue weighted by Crippen LogP contribution is -2.40. The van der Waals surface area contributed by atoms with Crippen LogP contribution in [0.1, 0.15) is 5.56 Å². The number of ether oxygens (including phenoxy) is 1. The van der Waals surface area contributed by atoms with Gasteiger partial charge in [0.25, 0.3) is 10.0 Å². The topological polar surface area (TPSA) is 80.8 Å². The van der Waals surface area contributed by atoms with Crippen molar-refractivity contribution in [2.24, 2.45) is 0 Å². The van der Waals surface area contributed by atoms with Crippen LogP contribution in [0.15, 0.2) is 43.6 Å². The van der Waals surface area contributed by atoms with Crippen LogP contribution in [0.3, 0.4) is 0 Å². The maximum absolute atomic E-state index is 12.8. The smallest absolute Gasteiger partial charge is 0.253 e. The summed E-state index contributed by atoms with van der Waals surface area (Å²) in [7, 11) is -7.55. The summed E-state index contributed by atoms with van der Waals surface area (Å²) in [5.74, 6) is 0. The second-order valence-corrected chi connectivity index (χ2v) is 10.9. The number of morpholine rings is 1. The van der Waals surface area contributed by atoms with Crippen LogP contribution in [0.2, 0.25) is 5.02 Å². The Balaban J connectivity index is 2.02. The molecule has 2 aromatic rings. The molecule has 0 aliphatic carbocycles. The van der Waals surface area contributed by atoms with Gasteiger partial charge in [-0.15, -0.1) is 11.3 Å². The summed E-state index contributed by atoms with van der Waals surface area (Å²) in [6, 6.07) is 5.79. The lowest BCUT2D eigenvalue weighted by atomic mass is 10.4. The first kappa shape index (κ1) is 18.8. The fraction of sp³-hybridized carbons (Fsp3) is 0.333. The van der Waals surface area contributed by atoms with Gasteiger partial charge in [-0.3, -0.25) is 0 Å². The predicted octanol–water partition coefficient (Wildman–Crippen LogP) is 2.56. The third kappa shape index (κ3) is 3.49. The number of benzene rings is 1. The molecule has 1 aromatic carbocycles. The van der Waals surface area contributed by atoms with Gasteiger partial charge in [-0.25, -0.2) is 16.8 Å². The highest BCUT2D eigenvalue weighted by atomic mass is 35.5. The highest BCUT2D eigenvalue weighted by Crippen LogP contribution is 2.35. The maximum atomic E-state index is 12.8. The minimum Gasteiger partial charge on any atom is -0.379 e. The van der Waals surface area contributed by atoms with Crippen LogP contribution in [-0.2, 0) is 24.6 Å². The van der Waals surface area contributed by atoms with E-state index in [-0.39, 0.29) is 32.7 Å². The van der Waals surface area contributed by atoms with Gasteiger partial charge in [0.2, 0.25) is 9.84 Å². The molecule has 0 saturated carbocycles. The van der Waals surface area contributed by atoms with Gasteiger partial charge in [0.15, 0.2) is 0 Å². The summed E-state index contributed by atoms with van der Waals surface area (Å²) in [6.45, 7) is 2.71. The molecular formula is C15H16ClNO5S3. The normalized spacial score (nSPS) is 16.9. The summed E-state index contributed by atoms with van der Waals surface area (Å²) in [5.41, 5.74) is 0.242. The Morgan fingerprint density at radius 3 is 2.28 bits per heavy atom. The molecule has 0 atom stereocenters. The van der Waals surface area contributed by atoms with E-state index in [1.165, 1.54) is 40.9 Å². The molecule has 0 bridgehead atoms. The van der Waals surface area contributed by atoms with E-state index >= 15 is 0 Å². The Hall–Kier alpha value is -0.970. The van der Waals surface area contributed by atoms with Crippen molar-refractivity contribution in [3.05, 3.63) is 40.2 Å². The molecule has 1 fully saturated rings. The summed E-state index contributed by atoms with van der Waals surface area (Å²) >= 11 is 6.73. The average molecular weight is 422 g/mol. The van der Waals surface area contributed by atoms with E-state index in [1.807, 2.05) is 0 Å². The lowest BCUT2D eigenvalue weighted by Gasteiger charge is -2.25. The number of nitrogens with zero attached hydrogens (tertiary/aromatic N) is 1. The standard InChI is InChI=1S/C15H16ClNO5S3/c1-11-14(24(18,19)13-4-2-12(16)3-5-13)10-23-15(11)25(20,21)17-6-8-22-9-7-17/h2-5,10H,6-9H2,1H3. The molecule has 2 heterocycles. The van der Waals surface area contributed by atoms with Crippen LogP contribution < -0.4 is 0 Å². The molecule has 1 aromatic heterocycles. The first-order chi connectivity index (χ1) is 11.7. The van der Waals surface area contributed by atoms with Crippen molar-refractivity contribution in [1.29, 1.82) is 0 Å². The van der Waals surface area contributed by atoms with Crippen LogP contribution in [0.5, 0.6) is 0 Å². The van der Waals surface area contributed by atoms with Crippen LogP contribution >= 0.6 is 22.9 Å². The second kappa shape index (κ2) is 6.98. The van der Waals surface area contributed by atoms with E-state index in [2.05, 4.69) is 0 Å². The van der Waals surface area contributed by atoms with Crippen molar-refractivity contribution in [3.63, 3.8) is 0 Å². The number of halogens is 1. The number of sulfone groups is 1. The molecular weight excluding hydrogens is 406 g/mol. The molecule has 10 heteroatoms. The van der Waals surface area contributed by atoms with E-state index < -0.39 is 19.9 Å². The molecule has 0 unspecified atom stereocenters. The zero-order valence-electron chi connectivity index (χ0n) is 13.3. The Bertz CT molecular complexity index is 975. The zero-order chi connectivity index (χ0) is 18.2. The lowest BCUT2D eigenvalue weighted by molar-refractivity contribution is 0.0731. The van der Waals surface area contributed by atoms with Gasteiger partial charge >= 0.3 is 0 Å². The summed E-state index contributed by atoms with van der Waals surface area (Å²) in [4.78, 5) is 0.0831. The van der Waals surface area contributed by atoms with Gasteiger partial charge < -0.3 is 4.74 Å². The molecule has 6 nitrogen and oxygen atoms in total. The van der Waals surface area contributed by atoms with Crippen LogP contribution in [-0.4, -0.2) is 47.4 Å². The van der Waals surface area contributed by atoms with Gasteiger partial charge in [-0.2, -0.15) is 4.31 Å². The predicted molar refractivity (Wildman–Crippen MR) is 95.5 cm³/mol. The Morgan fingerprint density at radius 2 is 1.68 bits per heavy atom. The Labute approximate surface area is 156 Å². The molecule has 0 amide bonds. The highest BCUT2D eigenvalue weighted by Gasteiger charge is 2.32. The largest absolute Gasteiger partial charge is 0.379 e. The van der Waals surface area contributed by atoms with E-state index in [0.29, 0.717) is 18.2 Å². The van der Waals surface area contributed by atoms with Crippen molar-refractivity contribution in [2.45, 2.75) is 20.9 Å². The Morgan fingerprint density at radius 1 is 1.08 bits per heavy atom. The van der Waals surface area contributed by atoms with Crippen molar-refractivity contribution in [1.82, 2.24) is 4.31 Å². The summed E-state index contributed by atoms with van der Waals surface area (Å²) in [6.07, 6.45) is 0. The van der Waals surface area contributed by atoms with E-state index in [0.717, 1.165) is 11.3 Å². The monoisotopic (exact) mass is 421 g/mol. The van der Waals surface area contributed by atoms with Gasteiger partial charge in [-0.1, -0.05) is 11.6 Å². The van der Waals surface area contributed by atoms with Gasteiger partial charge in [0, 0.05) is 23.5 Å². The van der Waals surface area contributed by atoms with Gasteiger partial charge in [0.05, 0.1) is 23.0 Å². The molecule has 0 radical (unpaired) electrons. The average Bonchev–Trinajstić information content (AvgIpc) is 2.99. The molecule has 0 spiro atoms. The van der Waals surface area contributed by atoms with Crippen LogP contribution in [0.4, 0.5) is 0 Å². The second-order valence-electron chi connectivity index (χ2n) is 5.49. The van der Waals surface area contributed by atoms with Crippen molar-refractivity contribution < 1.29 is 21.6 Å². The van der Waals surface area contributed by atoms with Crippen molar-refractivity contribution in [3.8, 4) is 0 Å². The number of thiophene rings is 1. The molecule has 3 rings (SSSR count). The quantitative estimate of drug-likeness (QED) is 0.757. The Kier molecular flexibility index (Phi) is 5.25. The molecule has 25 heavy (non-hydrogen) atoms. The molecule has 1 saturated heterocycles. The minimum atomic E-state index is -3.81. The molecule has 1 aliphatic rings. The SMILES string of the molecule is Cc1c(S(=O)(=O)c2ccc(Cl)cc2)csc1S(=O)(=O)N1CCOCC1. The fourth-order valence-corrected chi connectivity index (χ4v) is 7.69. The van der Waals surface area contributed by atoms with Crippen molar-refractivity contribution in [2.75, 3.05) is 26.3 Å². The fourth-order valence-electron chi connectivity index (χ4n) is 2.55. The summed E-state index contributed by atoms with van der Waals surface area (Å²) < 4.78 is 57.8. The molecule has 0 N–H and O–H groups in total. The third-order valence-electron chi connectivity index (χ3n) is 3.91. The third-order valence-corrected chi connectivity index (χ3v) is 9.82. The van der Waals surface area contributed by atoms with Crippen LogP contribution in [0.25, 0.3) is 0 Å². The number of rotatable bonds is 4. The number of hydrogen-bond acceptors (Lipinski definition) is 6. The van der Waals surface area contributed by atoms with E-state index in [9.17, 15) is 16.8 Å². The highest BCUT2D eigenvalue weighted by molar-refractivity contribution is 7.92. The zero-order valence-corrected chi connectivity index (χ0v) is 16.5. The van der Waals surface area contributed by atoms with Crippen LogP contribution in [0, 0.1) is 6.92 Å². The molecule has 1 aliphatic heterocycles. The van der Waals surface area contributed by atoms with Gasteiger partial charge in [0.1, 0.15) is 4.21 Å². The minimum absolute atomic E-state index is 0.00616. The molecule has 136 valence electrons. The van der Waals surface area contributed by atoms with Crippen molar-refractivity contribution >= 4 is 42.8 Å². The maximum Gasteiger partial charge on any atom is 0.253 e. The van der Waals surface area contributed by atoms with Gasteiger partial charge in [-0.05, 0) is 36.8 Å².